The molecule has 21 heavy (non-hydrogen) atoms. The van der Waals surface area contributed by atoms with E-state index >= 15 is 0 Å². The van der Waals surface area contributed by atoms with Gasteiger partial charge >= 0.3 is 18.4 Å². The van der Waals surface area contributed by atoms with Crippen LogP contribution in [-0.4, -0.2) is 52.7 Å². The minimum atomic E-state index is -4.29. The van der Waals surface area contributed by atoms with Crippen LogP contribution in [0.4, 0.5) is 22.4 Å². The van der Waals surface area contributed by atoms with Crippen LogP contribution in [0.5, 0.6) is 0 Å². The van der Waals surface area contributed by atoms with Gasteiger partial charge in [-0.05, 0) is 33.6 Å². The first-order chi connectivity index (χ1) is 9.32. The number of amides is 1. The van der Waals surface area contributed by atoms with Gasteiger partial charge in [-0.1, -0.05) is 0 Å². The van der Waals surface area contributed by atoms with E-state index in [4.69, 9.17) is 4.74 Å². The minimum absolute atomic E-state index is 0.267. The molecule has 0 aromatic heterocycles. The zero-order chi connectivity index (χ0) is 16.6. The third kappa shape index (κ3) is 4.21. The fraction of sp³-hybridized carbons (Fsp3) is 0.923. The van der Waals surface area contributed by atoms with E-state index in [1.165, 1.54) is 7.05 Å². The number of hydrogen-bond acceptors (Lipinski definition) is 3. The van der Waals surface area contributed by atoms with Crippen LogP contribution in [0.2, 0.25) is 0 Å². The number of aliphatic hydroxyl groups is 1. The van der Waals surface area contributed by atoms with Gasteiger partial charge in [-0.15, -0.1) is 0 Å². The van der Waals surface area contributed by atoms with Gasteiger partial charge in [0.2, 0.25) is 0 Å². The number of rotatable bonds is 5. The molecule has 124 valence electrons. The lowest BCUT2D eigenvalue weighted by atomic mass is 10.0. The average molecular weight is 315 g/mol. The van der Waals surface area contributed by atoms with Crippen LogP contribution >= 0.6 is 0 Å². The lowest BCUT2D eigenvalue weighted by Crippen LogP contribution is -2.50. The van der Waals surface area contributed by atoms with Gasteiger partial charge in [0.15, 0.2) is 0 Å². The molecule has 1 atom stereocenters. The molecular formula is C13H21F4NO3. The Labute approximate surface area is 121 Å². The summed E-state index contributed by atoms with van der Waals surface area (Å²) in [6, 6.07) is 0. The van der Waals surface area contributed by atoms with Crippen molar-refractivity contribution in [1.82, 2.24) is 4.90 Å². The summed E-state index contributed by atoms with van der Waals surface area (Å²) in [5.41, 5.74) is -2.03. The largest absolute Gasteiger partial charge is 0.444 e. The number of carbonyl (C=O) groups excluding carboxylic acids is 1. The molecule has 0 aromatic carbocycles. The monoisotopic (exact) mass is 315 g/mol. The van der Waals surface area contributed by atoms with E-state index in [-0.39, 0.29) is 12.8 Å². The molecule has 1 aliphatic rings. The maximum absolute atomic E-state index is 13.0. The molecule has 0 saturated heterocycles. The molecule has 1 unspecified atom stereocenters. The third-order valence-corrected chi connectivity index (χ3v) is 3.50. The van der Waals surface area contributed by atoms with Crippen molar-refractivity contribution < 1.29 is 32.2 Å². The number of aliphatic hydroxyl groups excluding tert-OH is 1. The smallest absolute Gasteiger partial charge is 0.410 e. The highest BCUT2D eigenvalue weighted by molar-refractivity contribution is 5.69. The molecule has 1 amide bonds. The molecule has 0 aromatic rings. The average Bonchev–Trinajstić information content (AvgIpc) is 3.05. The zero-order valence-corrected chi connectivity index (χ0v) is 12.5. The number of halogens is 4. The van der Waals surface area contributed by atoms with Gasteiger partial charge in [-0.2, -0.15) is 0 Å². The Bertz CT molecular complexity index is 391. The predicted molar refractivity (Wildman–Crippen MR) is 67.5 cm³/mol. The van der Waals surface area contributed by atoms with Crippen molar-refractivity contribution in [3.8, 4) is 0 Å². The van der Waals surface area contributed by atoms with Crippen LogP contribution in [0.15, 0.2) is 0 Å². The van der Waals surface area contributed by atoms with E-state index in [2.05, 4.69) is 0 Å². The molecule has 1 rings (SSSR count). The topological polar surface area (TPSA) is 49.8 Å². The van der Waals surface area contributed by atoms with E-state index < -0.39 is 42.1 Å². The molecule has 8 heteroatoms. The summed E-state index contributed by atoms with van der Waals surface area (Å²) in [5.74, 6) is -4.29. The molecule has 0 radical (unpaired) electrons. The van der Waals surface area contributed by atoms with Gasteiger partial charge in [0.25, 0.3) is 0 Å². The zero-order valence-electron chi connectivity index (χ0n) is 12.5. The number of hydrogen-bond donors (Lipinski definition) is 1. The van der Waals surface area contributed by atoms with Crippen molar-refractivity contribution >= 4 is 6.09 Å². The molecule has 1 fully saturated rings. The summed E-state index contributed by atoms with van der Waals surface area (Å²) < 4.78 is 55.6. The predicted octanol–water partition coefficient (Wildman–Crippen LogP) is 3.04. The number of likely N-dealkylation sites (N-methyl/N-ethyl adjacent to an activating group) is 1. The van der Waals surface area contributed by atoms with E-state index in [1.54, 1.807) is 20.8 Å². The summed E-state index contributed by atoms with van der Waals surface area (Å²) in [6.07, 6.45) is -7.22. The first kappa shape index (κ1) is 18.0. The number of ether oxygens (including phenoxy) is 1. The third-order valence-electron chi connectivity index (χ3n) is 3.50. The summed E-state index contributed by atoms with van der Waals surface area (Å²) >= 11 is 0. The number of alkyl halides is 4. The van der Waals surface area contributed by atoms with Crippen molar-refractivity contribution in [2.45, 2.75) is 69.6 Å². The molecule has 0 aliphatic heterocycles. The molecule has 1 saturated carbocycles. The standard InChI is InChI=1S/C13H21F4NO3/c1-11(2,3)21-10(20)18(4)12(5-6-12)8(19)7-13(16,17)9(14)15/h8-9,19H,5-7H2,1-4H3. The quantitative estimate of drug-likeness (QED) is 0.793. The van der Waals surface area contributed by atoms with Crippen LogP contribution in [0, 0.1) is 0 Å². The van der Waals surface area contributed by atoms with Crippen molar-refractivity contribution in [2.24, 2.45) is 0 Å². The van der Waals surface area contributed by atoms with Crippen molar-refractivity contribution in [3.63, 3.8) is 0 Å². The van der Waals surface area contributed by atoms with Crippen LogP contribution in [0.1, 0.15) is 40.0 Å². The maximum atomic E-state index is 13.0. The lowest BCUT2D eigenvalue weighted by molar-refractivity contribution is -0.156. The second-order valence-electron chi connectivity index (χ2n) is 6.42. The summed E-state index contributed by atoms with van der Waals surface area (Å²) in [6.45, 7) is 4.92. The Balaban J connectivity index is 2.75. The second kappa shape index (κ2) is 5.62. The highest BCUT2D eigenvalue weighted by Gasteiger charge is 2.58. The van der Waals surface area contributed by atoms with E-state index in [0.717, 1.165) is 4.90 Å². The highest BCUT2D eigenvalue weighted by Crippen LogP contribution is 2.47. The van der Waals surface area contributed by atoms with Crippen LogP contribution in [0.25, 0.3) is 0 Å². The fourth-order valence-electron chi connectivity index (χ4n) is 2.07. The first-order valence-corrected chi connectivity index (χ1v) is 6.63. The van der Waals surface area contributed by atoms with Crippen LogP contribution < -0.4 is 0 Å². The fourth-order valence-corrected chi connectivity index (χ4v) is 2.07. The van der Waals surface area contributed by atoms with Gasteiger partial charge in [-0.3, -0.25) is 0 Å². The second-order valence-corrected chi connectivity index (χ2v) is 6.42. The molecular weight excluding hydrogens is 294 g/mol. The van der Waals surface area contributed by atoms with Crippen molar-refractivity contribution in [2.75, 3.05) is 7.05 Å². The van der Waals surface area contributed by atoms with Gasteiger partial charge in [-0.25, -0.2) is 22.4 Å². The van der Waals surface area contributed by atoms with Crippen molar-refractivity contribution in [1.29, 1.82) is 0 Å². The Morgan fingerprint density at radius 2 is 1.81 bits per heavy atom. The number of nitrogens with zero attached hydrogens (tertiary/aromatic N) is 1. The number of carbonyl (C=O) groups is 1. The summed E-state index contributed by atoms with van der Waals surface area (Å²) in [5, 5.41) is 9.88. The van der Waals surface area contributed by atoms with E-state index in [9.17, 15) is 27.5 Å². The van der Waals surface area contributed by atoms with Crippen LogP contribution in [0.3, 0.4) is 0 Å². The Kier molecular flexibility index (Phi) is 4.82. The Morgan fingerprint density at radius 1 is 1.33 bits per heavy atom. The molecule has 0 heterocycles. The molecule has 1 N–H and O–H groups in total. The lowest BCUT2D eigenvalue weighted by Gasteiger charge is -2.35. The van der Waals surface area contributed by atoms with Gasteiger partial charge in [0, 0.05) is 13.5 Å². The molecule has 4 nitrogen and oxygen atoms in total. The molecule has 1 aliphatic carbocycles. The van der Waals surface area contributed by atoms with E-state index in [1.807, 2.05) is 0 Å². The summed E-state index contributed by atoms with van der Waals surface area (Å²) in [7, 11) is 1.31. The van der Waals surface area contributed by atoms with E-state index in [0.29, 0.717) is 0 Å². The Morgan fingerprint density at radius 3 is 2.14 bits per heavy atom. The molecule has 0 bridgehead atoms. The highest BCUT2D eigenvalue weighted by atomic mass is 19.3. The van der Waals surface area contributed by atoms with Gasteiger partial charge < -0.3 is 14.7 Å². The maximum Gasteiger partial charge on any atom is 0.410 e. The summed E-state index contributed by atoms with van der Waals surface area (Å²) in [4.78, 5) is 12.9. The SMILES string of the molecule is CN(C(=O)OC(C)(C)C)C1(C(O)CC(F)(F)C(F)F)CC1. The first-order valence-electron chi connectivity index (χ1n) is 6.63. The molecule has 0 spiro atoms. The minimum Gasteiger partial charge on any atom is -0.444 e. The van der Waals surface area contributed by atoms with Gasteiger partial charge in [0.05, 0.1) is 11.6 Å². The van der Waals surface area contributed by atoms with Crippen molar-refractivity contribution in [3.05, 3.63) is 0 Å². The normalized spacial score (nSPS) is 19.3. The van der Waals surface area contributed by atoms with Gasteiger partial charge in [0.1, 0.15) is 5.60 Å². The Hall–Kier alpha value is -1.05. The van der Waals surface area contributed by atoms with Crippen LogP contribution in [-0.2, 0) is 4.74 Å².